The standard InChI is InChI=1S/C20H21F4N3O2/c1-3-4-15(21)11-27(2)6-5-13-7-17(18(22)8-14(13)12-28)19-25-9-16(10-26-19)29-20(23)24/h5-10,12,15,20H,3-4,11H2,1-2H3/b6-5-. The van der Waals surface area contributed by atoms with Gasteiger partial charge in [0.05, 0.1) is 18.0 Å². The minimum atomic E-state index is -3.02. The average molecular weight is 411 g/mol. The van der Waals surface area contributed by atoms with Gasteiger partial charge < -0.3 is 9.64 Å². The SMILES string of the molecule is CCCC(F)CN(C)/C=C\c1cc(-c2ncc(OC(F)F)cn2)c(F)cc1C=O. The summed E-state index contributed by atoms with van der Waals surface area (Å²) >= 11 is 0. The first-order chi connectivity index (χ1) is 13.8. The molecule has 5 nitrogen and oxygen atoms in total. The van der Waals surface area contributed by atoms with Crippen molar-refractivity contribution in [2.45, 2.75) is 32.5 Å². The monoisotopic (exact) mass is 411 g/mol. The summed E-state index contributed by atoms with van der Waals surface area (Å²) < 4.78 is 56.7. The molecule has 0 saturated heterocycles. The van der Waals surface area contributed by atoms with Gasteiger partial charge in [0.2, 0.25) is 0 Å². The quantitative estimate of drug-likeness (QED) is 0.418. The van der Waals surface area contributed by atoms with Crippen molar-refractivity contribution in [2.75, 3.05) is 13.6 Å². The summed E-state index contributed by atoms with van der Waals surface area (Å²) in [6, 6.07) is 2.40. The van der Waals surface area contributed by atoms with Gasteiger partial charge in [0, 0.05) is 19.2 Å². The number of halogens is 4. The van der Waals surface area contributed by atoms with Gasteiger partial charge in [0.1, 0.15) is 12.0 Å². The first kappa shape index (κ1) is 22.3. The molecule has 9 heteroatoms. The second-order valence-corrected chi connectivity index (χ2v) is 6.34. The number of rotatable bonds is 10. The molecule has 0 N–H and O–H groups in total. The summed E-state index contributed by atoms with van der Waals surface area (Å²) in [4.78, 5) is 20.6. The zero-order valence-electron chi connectivity index (χ0n) is 16.0. The van der Waals surface area contributed by atoms with E-state index in [1.807, 2.05) is 6.92 Å². The number of nitrogens with zero attached hydrogens (tertiary/aromatic N) is 3. The van der Waals surface area contributed by atoms with Crippen LogP contribution in [-0.4, -0.2) is 47.5 Å². The predicted molar refractivity (Wildman–Crippen MR) is 101 cm³/mol. The van der Waals surface area contributed by atoms with Gasteiger partial charge in [-0.25, -0.2) is 18.7 Å². The molecule has 0 spiro atoms. The van der Waals surface area contributed by atoms with E-state index in [9.17, 15) is 22.4 Å². The fourth-order valence-corrected chi connectivity index (χ4v) is 2.63. The molecule has 0 amide bonds. The van der Waals surface area contributed by atoms with Gasteiger partial charge in [-0.2, -0.15) is 8.78 Å². The number of hydrogen-bond acceptors (Lipinski definition) is 5. The third-order valence-corrected chi connectivity index (χ3v) is 3.99. The molecule has 0 bridgehead atoms. The maximum atomic E-state index is 14.4. The first-order valence-electron chi connectivity index (χ1n) is 8.92. The molecule has 0 saturated carbocycles. The Balaban J connectivity index is 2.27. The highest BCUT2D eigenvalue weighted by molar-refractivity contribution is 5.84. The molecule has 0 radical (unpaired) electrons. The van der Waals surface area contributed by atoms with Crippen molar-refractivity contribution in [3.8, 4) is 17.1 Å². The van der Waals surface area contributed by atoms with Crippen molar-refractivity contribution >= 4 is 12.4 Å². The van der Waals surface area contributed by atoms with Crippen molar-refractivity contribution in [3.05, 3.63) is 47.7 Å². The third kappa shape index (κ3) is 6.55. The number of hydrogen-bond donors (Lipinski definition) is 0. The molecule has 1 aromatic heterocycles. The molecule has 0 fully saturated rings. The van der Waals surface area contributed by atoms with Gasteiger partial charge in [-0.05, 0) is 36.4 Å². The van der Waals surface area contributed by atoms with Gasteiger partial charge in [0.25, 0.3) is 0 Å². The lowest BCUT2D eigenvalue weighted by Crippen LogP contribution is -2.21. The van der Waals surface area contributed by atoms with Gasteiger partial charge in [-0.3, -0.25) is 4.79 Å². The molecule has 0 aliphatic heterocycles. The Bertz CT molecular complexity index is 844. The zero-order chi connectivity index (χ0) is 21.4. The normalized spacial score (nSPS) is 12.4. The summed E-state index contributed by atoms with van der Waals surface area (Å²) in [5.74, 6) is -1.06. The highest BCUT2D eigenvalue weighted by atomic mass is 19.3. The van der Waals surface area contributed by atoms with Crippen LogP contribution in [0.4, 0.5) is 17.6 Å². The summed E-state index contributed by atoms with van der Waals surface area (Å²) in [5, 5.41) is 0. The number of aromatic nitrogens is 2. The lowest BCUT2D eigenvalue weighted by atomic mass is 10.0. The van der Waals surface area contributed by atoms with Crippen molar-refractivity contribution in [1.29, 1.82) is 0 Å². The predicted octanol–water partition coefficient (Wildman–Crippen LogP) is 4.74. The minimum Gasteiger partial charge on any atom is -0.432 e. The number of carbonyl (C=O) groups is 1. The fraction of sp³-hybridized carbons (Fsp3) is 0.350. The lowest BCUT2D eigenvalue weighted by Gasteiger charge is -2.17. The molecule has 0 aliphatic rings. The molecule has 1 aromatic carbocycles. The highest BCUT2D eigenvalue weighted by Gasteiger charge is 2.14. The molecular formula is C20H21F4N3O2. The van der Waals surface area contributed by atoms with Crippen LogP contribution in [-0.2, 0) is 0 Å². The highest BCUT2D eigenvalue weighted by Crippen LogP contribution is 2.25. The summed E-state index contributed by atoms with van der Waals surface area (Å²) in [6.07, 6.45) is 5.84. The van der Waals surface area contributed by atoms with E-state index in [1.165, 1.54) is 6.07 Å². The zero-order valence-corrected chi connectivity index (χ0v) is 16.0. The Morgan fingerprint density at radius 1 is 1.17 bits per heavy atom. The Labute approximate surface area is 166 Å². The largest absolute Gasteiger partial charge is 0.432 e. The van der Waals surface area contributed by atoms with Gasteiger partial charge in [-0.15, -0.1) is 0 Å². The molecule has 29 heavy (non-hydrogen) atoms. The smallest absolute Gasteiger partial charge is 0.387 e. The fourth-order valence-electron chi connectivity index (χ4n) is 2.63. The number of alkyl halides is 3. The van der Waals surface area contributed by atoms with Crippen LogP contribution in [0.5, 0.6) is 5.75 Å². The molecular weight excluding hydrogens is 390 g/mol. The average Bonchev–Trinajstić information content (AvgIpc) is 2.67. The molecule has 1 heterocycles. The molecule has 0 aliphatic carbocycles. The van der Waals surface area contributed by atoms with Crippen molar-refractivity contribution in [1.82, 2.24) is 14.9 Å². The number of ether oxygens (including phenoxy) is 1. The van der Waals surface area contributed by atoms with Crippen LogP contribution >= 0.6 is 0 Å². The third-order valence-electron chi connectivity index (χ3n) is 3.99. The van der Waals surface area contributed by atoms with E-state index in [0.717, 1.165) is 24.9 Å². The Morgan fingerprint density at radius 2 is 1.86 bits per heavy atom. The van der Waals surface area contributed by atoms with Crippen molar-refractivity contribution in [2.24, 2.45) is 0 Å². The molecule has 1 atom stereocenters. The molecule has 1 unspecified atom stereocenters. The van der Waals surface area contributed by atoms with Crippen LogP contribution in [0.15, 0.2) is 30.7 Å². The molecule has 2 aromatic rings. The van der Waals surface area contributed by atoms with Gasteiger partial charge in [-0.1, -0.05) is 13.3 Å². The number of carbonyl (C=O) groups excluding carboxylic acids is 1. The summed E-state index contributed by atoms with van der Waals surface area (Å²) in [6.45, 7) is -0.945. The lowest BCUT2D eigenvalue weighted by molar-refractivity contribution is -0.0503. The van der Waals surface area contributed by atoms with E-state index in [1.54, 1.807) is 24.2 Å². The molecule has 2 rings (SSSR count). The Hall–Kier alpha value is -2.97. The number of benzene rings is 1. The topological polar surface area (TPSA) is 55.3 Å². The summed E-state index contributed by atoms with van der Waals surface area (Å²) in [5.41, 5.74) is 0.459. The minimum absolute atomic E-state index is 0.0177. The van der Waals surface area contributed by atoms with E-state index in [-0.39, 0.29) is 29.2 Å². The van der Waals surface area contributed by atoms with Crippen LogP contribution in [0.3, 0.4) is 0 Å². The van der Waals surface area contributed by atoms with Crippen molar-refractivity contribution < 1.29 is 27.1 Å². The van der Waals surface area contributed by atoms with Crippen LogP contribution < -0.4 is 4.74 Å². The molecule has 156 valence electrons. The number of aldehydes is 1. The van der Waals surface area contributed by atoms with Crippen LogP contribution in [0.1, 0.15) is 35.7 Å². The van der Waals surface area contributed by atoms with Crippen LogP contribution in [0, 0.1) is 5.82 Å². The Morgan fingerprint density at radius 3 is 2.45 bits per heavy atom. The van der Waals surface area contributed by atoms with Gasteiger partial charge in [0.15, 0.2) is 17.9 Å². The van der Waals surface area contributed by atoms with Crippen molar-refractivity contribution in [3.63, 3.8) is 0 Å². The van der Waals surface area contributed by atoms with Crippen LogP contribution in [0.25, 0.3) is 17.5 Å². The second-order valence-electron chi connectivity index (χ2n) is 6.34. The van der Waals surface area contributed by atoms with E-state index in [2.05, 4.69) is 14.7 Å². The van der Waals surface area contributed by atoms with E-state index < -0.39 is 18.6 Å². The Kier molecular flexibility index (Phi) is 8.11. The summed E-state index contributed by atoms with van der Waals surface area (Å²) in [7, 11) is 1.69. The van der Waals surface area contributed by atoms with Gasteiger partial charge >= 0.3 is 6.61 Å². The maximum absolute atomic E-state index is 14.4. The van der Waals surface area contributed by atoms with E-state index in [0.29, 0.717) is 18.3 Å². The maximum Gasteiger partial charge on any atom is 0.387 e. The first-order valence-corrected chi connectivity index (χ1v) is 8.92. The van der Waals surface area contributed by atoms with Crippen LogP contribution in [0.2, 0.25) is 0 Å². The van der Waals surface area contributed by atoms with E-state index >= 15 is 0 Å². The second kappa shape index (κ2) is 10.5. The van der Waals surface area contributed by atoms with E-state index in [4.69, 9.17) is 0 Å².